The number of fused-ring (bicyclic) bond motifs is 2. The molecule has 1 aliphatic rings. The predicted octanol–water partition coefficient (Wildman–Crippen LogP) is 4.95. The summed E-state index contributed by atoms with van der Waals surface area (Å²) in [5, 5.41) is 0.698. The van der Waals surface area contributed by atoms with E-state index in [2.05, 4.69) is 4.98 Å². The summed E-state index contributed by atoms with van der Waals surface area (Å²) in [6, 6.07) is 18.6. The van der Waals surface area contributed by atoms with Crippen LogP contribution in [0.3, 0.4) is 0 Å². The summed E-state index contributed by atoms with van der Waals surface area (Å²) >= 11 is 0.930. The molecule has 0 fully saturated rings. The SMILES string of the molecule is O=C(CSc1nc2cc(C(F)(F)F)ccc2n1Cc1ccccc1)ON1C(=O)c2ccccc2C1=O. The number of hydroxylamine groups is 2. The number of benzene rings is 3. The first-order valence-corrected chi connectivity index (χ1v) is 11.6. The van der Waals surface area contributed by atoms with Gasteiger partial charge in [-0.2, -0.15) is 13.2 Å². The zero-order valence-corrected chi connectivity index (χ0v) is 19.2. The van der Waals surface area contributed by atoms with Gasteiger partial charge in [-0.3, -0.25) is 9.59 Å². The number of aromatic nitrogens is 2. The fourth-order valence-corrected chi connectivity index (χ4v) is 4.60. The van der Waals surface area contributed by atoms with Gasteiger partial charge in [0.05, 0.1) is 34.3 Å². The molecule has 0 saturated carbocycles. The number of alkyl halides is 3. The number of hydrogen-bond acceptors (Lipinski definition) is 6. The van der Waals surface area contributed by atoms with Crippen molar-refractivity contribution in [2.24, 2.45) is 0 Å². The van der Waals surface area contributed by atoms with Gasteiger partial charge < -0.3 is 9.40 Å². The number of hydrogen-bond donors (Lipinski definition) is 0. The predicted molar refractivity (Wildman–Crippen MR) is 124 cm³/mol. The summed E-state index contributed by atoms with van der Waals surface area (Å²) in [5.74, 6) is -2.71. The lowest BCUT2D eigenvalue weighted by Gasteiger charge is -2.13. The van der Waals surface area contributed by atoms with Crippen molar-refractivity contribution in [1.29, 1.82) is 0 Å². The molecule has 0 spiro atoms. The molecule has 182 valence electrons. The van der Waals surface area contributed by atoms with Crippen molar-refractivity contribution < 1.29 is 32.4 Å². The average molecular weight is 511 g/mol. The topological polar surface area (TPSA) is 81.5 Å². The number of carbonyl (C=O) groups excluding carboxylic acids is 3. The van der Waals surface area contributed by atoms with E-state index < -0.39 is 29.5 Å². The van der Waals surface area contributed by atoms with Gasteiger partial charge in [0.1, 0.15) is 5.75 Å². The molecule has 4 aromatic rings. The highest BCUT2D eigenvalue weighted by molar-refractivity contribution is 7.99. The van der Waals surface area contributed by atoms with E-state index in [-0.39, 0.29) is 27.6 Å². The van der Waals surface area contributed by atoms with Gasteiger partial charge in [-0.25, -0.2) is 9.78 Å². The van der Waals surface area contributed by atoms with Crippen LogP contribution in [0, 0.1) is 0 Å². The van der Waals surface area contributed by atoms with E-state index in [1.165, 1.54) is 18.2 Å². The summed E-state index contributed by atoms with van der Waals surface area (Å²) < 4.78 is 41.4. The van der Waals surface area contributed by atoms with Gasteiger partial charge in [-0.05, 0) is 35.9 Å². The summed E-state index contributed by atoms with van der Waals surface area (Å²) in [6.07, 6.45) is -4.53. The highest BCUT2D eigenvalue weighted by Crippen LogP contribution is 2.33. The van der Waals surface area contributed by atoms with Crippen molar-refractivity contribution >= 4 is 40.6 Å². The minimum Gasteiger partial charge on any atom is -0.329 e. The Morgan fingerprint density at radius 1 is 0.917 bits per heavy atom. The van der Waals surface area contributed by atoms with Crippen molar-refractivity contribution in [2.75, 3.05) is 5.75 Å². The van der Waals surface area contributed by atoms with E-state index in [1.54, 1.807) is 16.7 Å². The monoisotopic (exact) mass is 511 g/mol. The van der Waals surface area contributed by atoms with Crippen molar-refractivity contribution in [3.8, 4) is 0 Å². The standard InChI is InChI=1S/C25H16F3N3O4S/c26-25(27,28)16-10-11-20-19(12-16)29-24(30(20)13-15-6-2-1-3-7-15)36-14-21(32)35-31-22(33)17-8-4-5-9-18(17)23(31)34/h1-12H,13-14H2. The molecule has 1 aromatic heterocycles. The average Bonchev–Trinajstić information content (AvgIpc) is 3.32. The molecule has 0 N–H and O–H groups in total. The largest absolute Gasteiger partial charge is 0.416 e. The fourth-order valence-electron chi connectivity index (χ4n) is 3.81. The van der Waals surface area contributed by atoms with Crippen molar-refractivity contribution in [3.05, 3.63) is 95.1 Å². The number of amides is 2. The maximum atomic E-state index is 13.2. The smallest absolute Gasteiger partial charge is 0.329 e. The molecule has 0 saturated heterocycles. The van der Waals surface area contributed by atoms with E-state index >= 15 is 0 Å². The van der Waals surface area contributed by atoms with Crippen molar-refractivity contribution in [3.63, 3.8) is 0 Å². The maximum absolute atomic E-state index is 13.2. The Labute approximate surface area is 206 Å². The van der Waals surface area contributed by atoms with Crippen LogP contribution in [0.15, 0.2) is 78.0 Å². The zero-order chi connectivity index (χ0) is 25.4. The zero-order valence-electron chi connectivity index (χ0n) is 18.4. The third-order valence-corrected chi connectivity index (χ3v) is 6.44. The first kappa shape index (κ1) is 23.6. The second-order valence-electron chi connectivity index (χ2n) is 7.87. The van der Waals surface area contributed by atoms with Gasteiger partial charge in [0.2, 0.25) is 0 Å². The number of carbonyl (C=O) groups is 3. The van der Waals surface area contributed by atoms with Crippen LogP contribution in [0.4, 0.5) is 13.2 Å². The van der Waals surface area contributed by atoms with Crippen LogP contribution in [-0.2, 0) is 22.4 Å². The van der Waals surface area contributed by atoms with Crippen LogP contribution in [0.2, 0.25) is 0 Å². The Balaban J connectivity index is 1.38. The molecule has 0 atom stereocenters. The molecule has 2 amide bonds. The van der Waals surface area contributed by atoms with E-state index in [9.17, 15) is 27.6 Å². The van der Waals surface area contributed by atoms with E-state index in [1.807, 2.05) is 30.3 Å². The van der Waals surface area contributed by atoms with Gasteiger partial charge in [0.25, 0.3) is 11.8 Å². The van der Waals surface area contributed by atoms with Gasteiger partial charge in [-0.15, -0.1) is 0 Å². The minimum absolute atomic E-state index is 0.122. The number of imide groups is 1. The molecule has 5 rings (SSSR count). The number of nitrogens with zero attached hydrogens (tertiary/aromatic N) is 3. The number of rotatable bonds is 6. The van der Waals surface area contributed by atoms with Crippen LogP contribution < -0.4 is 0 Å². The molecule has 0 radical (unpaired) electrons. The normalized spacial score (nSPS) is 13.4. The fraction of sp³-hybridized carbons (Fsp3) is 0.120. The van der Waals surface area contributed by atoms with E-state index in [0.29, 0.717) is 17.1 Å². The second-order valence-corrected chi connectivity index (χ2v) is 8.81. The third-order valence-electron chi connectivity index (χ3n) is 5.49. The van der Waals surface area contributed by atoms with Crippen molar-refractivity contribution in [1.82, 2.24) is 14.6 Å². The number of halogens is 3. The molecule has 1 aliphatic heterocycles. The van der Waals surface area contributed by atoms with Gasteiger partial charge in [-0.1, -0.05) is 59.3 Å². The second kappa shape index (κ2) is 9.15. The first-order chi connectivity index (χ1) is 17.2. The molecule has 0 unspecified atom stereocenters. The molecular weight excluding hydrogens is 495 g/mol. The Morgan fingerprint density at radius 2 is 1.56 bits per heavy atom. The van der Waals surface area contributed by atoms with Crippen LogP contribution in [-0.4, -0.2) is 38.2 Å². The molecule has 2 heterocycles. The summed E-state index contributed by atoms with van der Waals surface area (Å²) in [7, 11) is 0. The van der Waals surface area contributed by atoms with Gasteiger partial charge in [0.15, 0.2) is 5.16 Å². The van der Waals surface area contributed by atoms with Crippen LogP contribution in [0.5, 0.6) is 0 Å². The molecule has 36 heavy (non-hydrogen) atoms. The summed E-state index contributed by atoms with van der Waals surface area (Å²) in [6.45, 7) is 0.304. The summed E-state index contributed by atoms with van der Waals surface area (Å²) in [5.41, 5.74) is 0.897. The Kier molecular flexibility index (Phi) is 6.00. The van der Waals surface area contributed by atoms with Gasteiger partial charge in [0, 0.05) is 0 Å². The van der Waals surface area contributed by atoms with Crippen molar-refractivity contribution in [2.45, 2.75) is 17.9 Å². The minimum atomic E-state index is -4.53. The molecule has 11 heteroatoms. The van der Waals surface area contributed by atoms with Crippen LogP contribution in [0.1, 0.15) is 31.8 Å². The Bertz CT molecular complexity index is 1470. The first-order valence-electron chi connectivity index (χ1n) is 10.6. The summed E-state index contributed by atoms with van der Waals surface area (Å²) in [4.78, 5) is 46.7. The maximum Gasteiger partial charge on any atom is 0.416 e. The Hall–Kier alpha value is -4.12. The highest BCUT2D eigenvalue weighted by atomic mass is 32.2. The Morgan fingerprint density at radius 3 is 2.19 bits per heavy atom. The molecule has 7 nitrogen and oxygen atoms in total. The lowest BCUT2D eigenvalue weighted by molar-refractivity contribution is -0.165. The number of imidazole rings is 1. The molecule has 0 bridgehead atoms. The van der Waals surface area contributed by atoms with Crippen LogP contribution in [0.25, 0.3) is 11.0 Å². The molecule has 0 aliphatic carbocycles. The van der Waals surface area contributed by atoms with Gasteiger partial charge >= 0.3 is 12.1 Å². The van der Waals surface area contributed by atoms with E-state index in [4.69, 9.17) is 4.84 Å². The molecular formula is C25H16F3N3O4S. The lowest BCUT2D eigenvalue weighted by Crippen LogP contribution is -2.33. The number of thioether (sulfide) groups is 1. The van der Waals surface area contributed by atoms with Crippen LogP contribution >= 0.6 is 11.8 Å². The quantitative estimate of drug-likeness (QED) is 0.269. The third kappa shape index (κ3) is 4.44. The highest BCUT2D eigenvalue weighted by Gasteiger charge is 2.38. The molecule has 3 aromatic carbocycles. The van der Waals surface area contributed by atoms with E-state index in [0.717, 1.165) is 29.5 Å². The lowest BCUT2D eigenvalue weighted by atomic mass is 10.1.